The van der Waals surface area contributed by atoms with Crippen LogP contribution >= 0.6 is 11.6 Å². The highest BCUT2D eigenvalue weighted by molar-refractivity contribution is 6.36. The predicted molar refractivity (Wildman–Crippen MR) is 115 cm³/mol. The summed E-state index contributed by atoms with van der Waals surface area (Å²) in [6.45, 7) is 0.730. The number of aryl methyl sites for hydroxylation is 1. The molecule has 0 saturated heterocycles. The maximum Gasteiger partial charge on any atom is 0.459 e. The SMILES string of the molecule is Cc1cc(Cn2cc(C(F)(F)C(F)(F)F)c(C(F)(F)C(F)(F)F)n2)ccc1N=C1OC(=O)c2c(Cl)cccc21. The molecular formula is C23H12ClF10N3O2. The van der Waals surface area contributed by atoms with Crippen molar-refractivity contribution in [3.63, 3.8) is 0 Å². The molecule has 0 N–H and O–H groups in total. The molecule has 2 heterocycles. The first kappa shape index (κ1) is 28.4. The van der Waals surface area contributed by atoms with Crippen LogP contribution in [0.4, 0.5) is 49.6 Å². The van der Waals surface area contributed by atoms with Gasteiger partial charge in [-0.2, -0.15) is 49.0 Å². The summed E-state index contributed by atoms with van der Waals surface area (Å²) in [6, 6.07) is 8.40. The van der Waals surface area contributed by atoms with E-state index in [4.69, 9.17) is 16.3 Å². The van der Waals surface area contributed by atoms with Gasteiger partial charge in [-0.15, -0.1) is 0 Å². The van der Waals surface area contributed by atoms with Crippen LogP contribution in [0.3, 0.4) is 0 Å². The second-order valence-electron chi connectivity index (χ2n) is 8.32. The molecule has 39 heavy (non-hydrogen) atoms. The predicted octanol–water partition coefficient (Wildman–Crippen LogP) is 7.45. The number of aliphatic imine (C=N–C) groups is 1. The first-order valence-electron chi connectivity index (χ1n) is 10.5. The molecule has 208 valence electrons. The Morgan fingerprint density at radius 1 is 0.949 bits per heavy atom. The number of ether oxygens (including phenoxy) is 1. The van der Waals surface area contributed by atoms with Crippen LogP contribution in [0, 0.1) is 6.92 Å². The molecule has 0 atom stereocenters. The van der Waals surface area contributed by atoms with E-state index in [2.05, 4.69) is 10.1 Å². The van der Waals surface area contributed by atoms with Crippen LogP contribution in [-0.2, 0) is 23.1 Å². The Hall–Kier alpha value is -3.62. The summed E-state index contributed by atoms with van der Waals surface area (Å²) in [7, 11) is 0. The third-order valence-corrected chi connectivity index (χ3v) is 5.89. The average Bonchev–Trinajstić information content (AvgIpc) is 3.37. The van der Waals surface area contributed by atoms with Crippen LogP contribution in [0.1, 0.15) is 38.3 Å². The van der Waals surface area contributed by atoms with Gasteiger partial charge in [0.25, 0.3) is 0 Å². The minimum absolute atomic E-state index is 0.0783. The quantitative estimate of drug-likeness (QED) is 0.230. The molecule has 0 unspecified atom stereocenters. The third-order valence-electron chi connectivity index (χ3n) is 5.57. The lowest BCUT2D eigenvalue weighted by atomic mass is 10.0. The molecule has 2 aromatic carbocycles. The Morgan fingerprint density at radius 2 is 1.59 bits per heavy atom. The zero-order valence-electron chi connectivity index (χ0n) is 19.1. The topological polar surface area (TPSA) is 56.5 Å². The number of hydrogen-bond acceptors (Lipinski definition) is 4. The molecule has 0 saturated carbocycles. The van der Waals surface area contributed by atoms with Crippen molar-refractivity contribution in [2.45, 2.75) is 37.7 Å². The van der Waals surface area contributed by atoms with Gasteiger partial charge in [0.15, 0.2) is 5.69 Å². The highest BCUT2D eigenvalue weighted by atomic mass is 35.5. The number of esters is 1. The van der Waals surface area contributed by atoms with E-state index in [1.54, 1.807) is 6.07 Å². The van der Waals surface area contributed by atoms with E-state index in [0.29, 0.717) is 11.1 Å². The molecule has 0 bridgehead atoms. The summed E-state index contributed by atoms with van der Waals surface area (Å²) in [5.74, 6) is -13.0. The highest BCUT2D eigenvalue weighted by Gasteiger charge is 2.67. The summed E-state index contributed by atoms with van der Waals surface area (Å²) in [6.07, 6.45) is -13.2. The van der Waals surface area contributed by atoms with Gasteiger partial charge in [-0.1, -0.05) is 29.8 Å². The zero-order valence-corrected chi connectivity index (χ0v) is 19.8. The highest BCUT2D eigenvalue weighted by Crippen LogP contribution is 2.51. The van der Waals surface area contributed by atoms with Crippen molar-refractivity contribution in [1.29, 1.82) is 0 Å². The van der Waals surface area contributed by atoms with Gasteiger partial charge in [0.2, 0.25) is 5.90 Å². The monoisotopic (exact) mass is 587 g/mol. The Kier molecular flexibility index (Phi) is 6.73. The first-order valence-corrected chi connectivity index (χ1v) is 10.9. The van der Waals surface area contributed by atoms with Crippen molar-refractivity contribution in [2.24, 2.45) is 4.99 Å². The molecule has 1 aliphatic heterocycles. The number of fused-ring (bicyclic) bond motifs is 1. The van der Waals surface area contributed by atoms with E-state index in [1.165, 1.54) is 37.3 Å². The van der Waals surface area contributed by atoms with E-state index < -0.39 is 48.0 Å². The molecule has 0 aliphatic carbocycles. The molecule has 0 spiro atoms. The number of cyclic esters (lactones) is 1. The number of halogens is 11. The van der Waals surface area contributed by atoms with E-state index >= 15 is 0 Å². The molecule has 0 amide bonds. The standard InChI is InChI=1S/C23H12ClF10N3O2/c1-10-7-11(5-6-15(10)35-18-12-3-2-4-14(24)16(12)19(38)39-18)8-37-9-13(20(25,26)22(29,30)31)17(36-37)21(27,28)23(32,33)34/h2-7,9H,8H2,1H3. The molecule has 3 aromatic rings. The van der Waals surface area contributed by atoms with Gasteiger partial charge >= 0.3 is 30.2 Å². The molecule has 16 heteroatoms. The van der Waals surface area contributed by atoms with Crippen LogP contribution in [-0.4, -0.2) is 34.0 Å². The number of hydrogen-bond donors (Lipinski definition) is 0. The molecule has 0 fully saturated rings. The summed E-state index contributed by atoms with van der Waals surface area (Å²) in [5.41, 5.74) is -4.39. The van der Waals surface area contributed by atoms with Crippen LogP contribution in [0.25, 0.3) is 0 Å². The number of alkyl halides is 10. The Labute approximate surface area is 216 Å². The van der Waals surface area contributed by atoms with Crippen molar-refractivity contribution in [3.8, 4) is 0 Å². The average molecular weight is 588 g/mol. The van der Waals surface area contributed by atoms with Crippen molar-refractivity contribution < 1.29 is 53.4 Å². The van der Waals surface area contributed by atoms with Gasteiger partial charge in [-0.3, -0.25) is 4.68 Å². The zero-order chi connectivity index (χ0) is 29.1. The summed E-state index contributed by atoms with van der Waals surface area (Å²) in [5, 5.41) is 2.89. The number of carbonyl (C=O) groups excluding carboxylic acids is 1. The molecule has 5 nitrogen and oxygen atoms in total. The van der Waals surface area contributed by atoms with Crippen LogP contribution in [0.2, 0.25) is 5.02 Å². The van der Waals surface area contributed by atoms with Gasteiger partial charge in [0, 0.05) is 6.20 Å². The second kappa shape index (κ2) is 9.24. The fourth-order valence-corrected chi connectivity index (χ4v) is 3.93. The van der Waals surface area contributed by atoms with Gasteiger partial charge < -0.3 is 4.74 Å². The number of rotatable bonds is 5. The van der Waals surface area contributed by atoms with E-state index in [9.17, 15) is 48.7 Å². The minimum Gasteiger partial charge on any atom is -0.403 e. The lowest BCUT2D eigenvalue weighted by molar-refractivity contribution is -0.302. The molecule has 0 radical (unpaired) electrons. The largest absolute Gasteiger partial charge is 0.459 e. The van der Waals surface area contributed by atoms with Gasteiger partial charge in [0.1, 0.15) is 0 Å². The minimum atomic E-state index is -6.49. The van der Waals surface area contributed by atoms with E-state index in [1.807, 2.05) is 0 Å². The molecule has 1 aromatic heterocycles. The Balaban J connectivity index is 1.70. The fraction of sp³-hybridized carbons (Fsp3) is 0.261. The van der Waals surface area contributed by atoms with Crippen molar-refractivity contribution in [1.82, 2.24) is 9.78 Å². The van der Waals surface area contributed by atoms with Gasteiger partial charge in [-0.05, 0) is 36.2 Å². The molecule has 1 aliphatic rings. The van der Waals surface area contributed by atoms with E-state index in [0.717, 1.165) is 0 Å². The Bertz CT molecular complexity index is 1450. The summed E-state index contributed by atoms with van der Waals surface area (Å²) in [4.78, 5) is 16.3. The third kappa shape index (κ3) is 4.94. The van der Waals surface area contributed by atoms with Crippen molar-refractivity contribution in [2.75, 3.05) is 0 Å². The number of carbonyl (C=O) groups is 1. The molecular weight excluding hydrogens is 576 g/mol. The van der Waals surface area contributed by atoms with Crippen molar-refractivity contribution >= 4 is 29.2 Å². The normalized spacial score (nSPS) is 15.6. The summed E-state index contributed by atoms with van der Waals surface area (Å²) >= 11 is 6.00. The van der Waals surface area contributed by atoms with Crippen LogP contribution in [0.15, 0.2) is 47.6 Å². The number of benzene rings is 2. The maximum atomic E-state index is 13.9. The van der Waals surface area contributed by atoms with E-state index in [-0.39, 0.29) is 38.6 Å². The van der Waals surface area contributed by atoms with Gasteiger partial charge in [0.05, 0.1) is 33.9 Å². The Morgan fingerprint density at radius 3 is 2.18 bits per heavy atom. The molecule has 4 rings (SSSR count). The van der Waals surface area contributed by atoms with Crippen LogP contribution in [0.5, 0.6) is 0 Å². The fourth-order valence-electron chi connectivity index (χ4n) is 3.68. The first-order chi connectivity index (χ1) is 17.8. The van der Waals surface area contributed by atoms with Crippen LogP contribution < -0.4 is 0 Å². The van der Waals surface area contributed by atoms with Crippen molar-refractivity contribution in [3.05, 3.63) is 81.1 Å². The maximum absolute atomic E-state index is 13.9. The number of aromatic nitrogens is 2. The second-order valence-corrected chi connectivity index (χ2v) is 8.73. The smallest absolute Gasteiger partial charge is 0.403 e. The summed E-state index contributed by atoms with van der Waals surface area (Å²) < 4.78 is 138. The lowest BCUT2D eigenvalue weighted by Crippen LogP contribution is -2.40. The number of nitrogens with zero attached hydrogens (tertiary/aromatic N) is 3. The van der Waals surface area contributed by atoms with Gasteiger partial charge in [-0.25, -0.2) is 9.79 Å². The lowest BCUT2D eigenvalue weighted by Gasteiger charge is -2.23.